The fourth-order valence-electron chi connectivity index (χ4n) is 2.46. The third kappa shape index (κ3) is 4.16. The number of hydrogen-bond acceptors (Lipinski definition) is 4. The molecular weight excluding hydrogens is 274 g/mol. The molecule has 2 rings (SSSR count). The van der Waals surface area contributed by atoms with Gasteiger partial charge in [-0.25, -0.2) is 4.79 Å². The van der Waals surface area contributed by atoms with Gasteiger partial charge in [-0.05, 0) is 38.7 Å². The number of carbonyl (C=O) groups is 1. The second-order valence-corrected chi connectivity index (χ2v) is 5.36. The van der Waals surface area contributed by atoms with Crippen LogP contribution in [0, 0.1) is 17.0 Å². The molecule has 1 aliphatic carbocycles. The Labute approximate surface area is 122 Å². The van der Waals surface area contributed by atoms with Crippen molar-refractivity contribution in [1.29, 1.82) is 0 Å². The summed E-state index contributed by atoms with van der Waals surface area (Å²) in [4.78, 5) is 22.3. The summed E-state index contributed by atoms with van der Waals surface area (Å²) >= 11 is 0. The first-order valence-corrected chi connectivity index (χ1v) is 6.96. The molecule has 0 bridgehead atoms. The van der Waals surface area contributed by atoms with Gasteiger partial charge < -0.3 is 15.7 Å². The van der Waals surface area contributed by atoms with Crippen molar-refractivity contribution in [2.45, 2.75) is 44.8 Å². The standard InChI is InChI=1S/C14H19N3O4/c1-9-2-3-11(8-13(9)17(20)21)16-14(19)15-10-4-6-12(18)7-5-10/h2-3,8,10,12,18H,4-7H2,1H3,(H2,15,16,19). The lowest BCUT2D eigenvalue weighted by molar-refractivity contribution is -0.385. The number of aryl methyl sites for hydroxylation is 1. The van der Waals surface area contributed by atoms with Crippen LogP contribution in [0.4, 0.5) is 16.2 Å². The van der Waals surface area contributed by atoms with Crippen molar-refractivity contribution in [3.8, 4) is 0 Å². The molecule has 0 heterocycles. The Morgan fingerprint density at radius 2 is 2.00 bits per heavy atom. The molecule has 0 aromatic heterocycles. The predicted molar refractivity (Wildman–Crippen MR) is 78.3 cm³/mol. The van der Waals surface area contributed by atoms with E-state index in [-0.39, 0.29) is 23.9 Å². The van der Waals surface area contributed by atoms with Gasteiger partial charge in [-0.1, -0.05) is 6.07 Å². The number of urea groups is 1. The first-order valence-electron chi connectivity index (χ1n) is 6.96. The summed E-state index contributed by atoms with van der Waals surface area (Å²) in [5.74, 6) is 0. The minimum Gasteiger partial charge on any atom is -0.393 e. The molecular formula is C14H19N3O4. The summed E-state index contributed by atoms with van der Waals surface area (Å²) < 4.78 is 0. The number of nitrogens with one attached hydrogen (secondary N) is 2. The molecule has 0 unspecified atom stereocenters. The third-order valence-corrected chi connectivity index (χ3v) is 3.70. The zero-order valence-electron chi connectivity index (χ0n) is 11.8. The summed E-state index contributed by atoms with van der Waals surface area (Å²) in [5.41, 5.74) is 0.918. The number of amides is 2. The van der Waals surface area contributed by atoms with Crippen LogP contribution in [-0.2, 0) is 0 Å². The van der Waals surface area contributed by atoms with Crippen molar-refractivity contribution in [2.75, 3.05) is 5.32 Å². The van der Waals surface area contributed by atoms with E-state index in [1.807, 2.05) is 0 Å². The van der Waals surface area contributed by atoms with E-state index in [4.69, 9.17) is 0 Å². The summed E-state index contributed by atoms with van der Waals surface area (Å²) in [6.07, 6.45) is 2.57. The van der Waals surface area contributed by atoms with Gasteiger partial charge in [0.2, 0.25) is 0 Å². The number of aliphatic hydroxyl groups is 1. The number of rotatable bonds is 3. The van der Waals surface area contributed by atoms with Gasteiger partial charge in [0.05, 0.1) is 11.0 Å². The molecule has 7 nitrogen and oxygen atoms in total. The highest BCUT2D eigenvalue weighted by Crippen LogP contribution is 2.22. The van der Waals surface area contributed by atoms with Gasteiger partial charge >= 0.3 is 6.03 Å². The minimum atomic E-state index is -0.471. The predicted octanol–water partition coefficient (Wildman–Crippen LogP) is 2.33. The van der Waals surface area contributed by atoms with Gasteiger partial charge in [0.1, 0.15) is 0 Å². The van der Waals surface area contributed by atoms with Crippen LogP contribution < -0.4 is 10.6 Å². The Bertz CT molecular complexity index is 539. The molecule has 0 spiro atoms. The van der Waals surface area contributed by atoms with Crippen LogP contribution >= 0.6 is 0 Å². The molecule has 0 saturated heterocycles. The van der Waals surface area contributed by atoms with Crippen molar-refractivity contribution < 1.29 is 14.8 Å². The van der Waals surface area contributed by atoms with Gasteiger partial charge in [0, 0.05) is 23.4 Å². The number of nitro groups is 1. The van der Waals surface area contributed by atoms with E-state index in [1.165, 1.54) is 6.07 Å². The summed E-state index contributed by atoms with van der Waals surface area (Å²) in [7, 11) is 0. The molecule has 0 radical (unpaired) electrons. The molecule has 1 aromatic carbocycles. The van der Waals surface area contributed by atoms with Crippen LogP contribution in [0.15, 0.2) is 18.2 Å². The summed E-state index contributed by atoms with van der Waals surface area (Å²) in [5, 5.41) is 25.7. The zero-order valence-corrected chi connectivity index (χ0v) is 11.8. The molecule has 7 heteroatoms. The van der Waals surface area contributed by atoms with Crippen LogP contribution in [0.2, 0.25) is 0 Å². The van der Waals surface area contributed by atoms with Crippen molar-refractivity contribution in [3.05, 3.63) is 33.9 Å². The maximum Gasteiger partial charge on any atom is 0.319 e. The normalized spacial score (nSPS) is 21.6. The van der Waals surface area contributed by atoms with Crippen LogP contribution in [0.3, 0.4) is 0 Å². The van der Waals surface area contributed by atoms with Crippen LogP contribution in [-0.4, -0.2) is 28.2 Å². The third-order valence-electron chi connectivity index (χ3n) is 3.70. The largest absolute Gasteiger partial charge is 0.393 e. The van der Waals surface area contributed by atoms with E-state index in [0.717, 1.165) is 12.8 Å². The number of hydrogen-bond donors (Lipinski definition) is 3. The molecule has 1 aliphatic rings. The Hall–Kier alpha value is -2.15. The molecule has 1 fully saturated rings. The Kier molecular flexibility index (Phi) is 4.74. The lowest BCUT2D eigenvalue weighted by Gasteiger charge is -2.26. The maximum atomic E-state index is 11.9. The van der Waals surface area contributed by atoms with Gasteiger partial charge in [-0.2, -0.15) is 0 Å². The van der Waals surface area contributed by atoms with E-state index < -0.39 is 4.92 Å². The van der Waals surface area contributed by atoms with E-state index in [1.54, 1.807) is 19.1 Å². The fraction of sp³-hybridized carbons (Fsp3) is 0.500. The molecule has 1 aromatic rings. The summed E-state index contributed by atoms with van der Waals surface area (Å²) in [6, 6.07) is 4.24. The number of benzene rings is 1. The number of anilines is 1. The average molecular weight is 293 g/mol. The lowest BCUT2D eigenvalue weighted by atomic mass is 9.93. The van der Waals surface area contributed by atoms with E-state index in [2.05, 4.69) is 10.6 Å². The molecule has 2 amide bonds. The van der Waals surface area contributed by atoms with Crippen LogP contribution in [0.25, 0.3) is 0 Å². The van der Waals surface area contributed by atoms with Gasteiger partial charge in [0.15, 0.2) is 0 Å². The Morgan fingerprint density at radius 3 is 2.62 bits per heavy atom. The molecule has 3 N–H and O–H groups in total. The number of carbonyl (C=O) groups excluding carboxylic acids is 1. The Balaban J connectivity index is 1.93. The number of nitro benzene ring substituents is 1. The zero-order chi connectivity index (χ0) is 15.4. The number of nitrogens with zero attached hydrogens (tertiary/aromatic N) is 1. The fourth-order valence-corrected chi connectivity index (χ4v) is 2.46. The topological polar surface area (TPSA) is 104 Å². The van der Waals surface area contributed by atoms with Crippen molar-refractivity contribution in [2.24, 2.45) is 0 Å². The second kappa shape index (κ2) is 6.53. The Morgan fingerprint density at radius 1 is 1.33 bits per heavy atom. The SMILES string of the molecule is Cc1ccc(NC(=O)NC2CCC(O)CC2)cc1[N+](=O)[O-]. The smallest absolute Gasteiger partial charge is 0.319 e. The highest BCUT2D eigenvalue weighted by atomic mass is 16.6. The van der Waals surface area contributed by atoms with Crippen LogP contribution in [0.5, 0.6) is 0 Å². The second-order valence-electron chi connectivity index (χ2n) is 5.36. The van der Waals surface area contributed by atoms with Crippen molar-refractivity contribution in [3.63, 3.8) is 0 Å². The quantitative estimate of drug-likeness (QED) is 0.587. The first-order chi connectivity index (χ1) is 9.95. The molecule has 0 atom stereocenters. The maximum absolute atomic E-state index is 11.9. The highest BCUT2D eigenvalue weighted by Gasteiger charge is 2.21. The monoisotopic (exact) mass is 293 g/mol. The van der Waals surface area contributed by atoms with Crippen LogP contribution in [0.1, 0.15) is 31.2 Å². The minimum absolute atomic E-state index is 0.0198. The van der Waals surface area contributed by atoms with Crippen molar-refractivity contribution in [1.82, 2.24) is 5.32 Å². The first kappa shape index (κ1) is 15.2. The average Bonchev–Trinajstić information content (AvgIpc) is 2.43. The lowest BCUT2D eigenvalue weighted by Crippen LogP contribution is -2.40. The molecule has 0 aliphatic heterocycles. The molecule has 1 saturated carbocycles. The van der Waals surface area contributed by atoms with Gasteiger partial charge in [-0.15, -0.1) is 0 Å². The summed E-state index contributed by atoms with van der Waals surface area (Å²) in [6.45, 7) is 1.65. The van der Waals surface area contributed by atoms with E-state index >= 15 is 0 Å². The van der Waals surface area contributed by atoms with Gasteiger partial charge in [0.25, 0.3) is 5.69 Å². The van der Waals surface area contributed by atoms with E-state index in [9.17, 15) is 20.0 Å². The number of aliphatic hydroxyl groups excluding tert-OH is 1. The van der Waals surface area contributed by atoms with Crippen molar-refractivity contribution >= 4 is 17.4 Å². The van der Waals surface area contributed by atoms with E-state index in [0.29, 0.717) is 24.1 Å². The molecule has 21 heavy (non-hydrogen) atoms. The molecule has 114 valence electrons. The highest BCUT2D eigenvalue weighted by molar-refractivity contribution is 5.89. The van der Waals surface area contributed by atoms with Gasteiger partial charge in [-0.3, -0.25) is 10.1 Å².